The monoisotopic (exact) mass is 372 g/mol. The first-order valence-corrected chi connectivity index (χ1v) is 8.74. The van der Waals surface area contributed by atoms with Gasteiger partial charge in [-0.3, -0.25) is 18.8 Å². The number of carbonyl (C=O) groups excluding carboxylic acids is 1. The fraction of sp³-hybridized carbons (Fsp3) is 0.500. The molecule has 0 bridgehead atoms. The van der Waals surface area contributed by atoms with Gasteiger partial charge >= 0.3 is 11.9 Å². The first-order chi connectivity index (χ1) is 11.5. The molecule has 0 aromatic heterocycles. The van der Waals surface area contributed by atoms with E-state index in [0.717, 1.165) is 9.87 Å². The maximum atomic E-state index is 11.9. The summed E-state index contributed by atoms with van der Waals surface area (Å²) in [6.07, 6.45) is 0. The molecular weight excluding hydrogens is 348 g/mol. The van der Waals surface area contributed by atoms with Crippen molar-refractivity contribution in [1.29, 1.82) is 0 Å². The summed E-state index contributed by atoms with van der Waals surface area (Å²) in [7, 11) is -1.34. The van der Waals surface area contributed by atoms with E-state index >= 15 is 0 Å². The van der Waals surface area contributed by atoms with Gasteiger partial charge in [0, 0.05) is 6.54 Å². The molecule has 0 radical (unpaired) electrons. The molecule has 0 saturated heterocycles. The molecule has 0 heterocycles. The largest absolute Gasteiger partial charge is 0.480 e. The topological polar surface area (TPSA) is 104 Å². The van der Waals surface area contributed by atoms with Gasteiger partial charge in [0.25, 0.3) is 0 Å². The van der Waals surface area contributed by atoms with Crippen molar-refractivity contribution in [3.63, 3.8) is 0 Å². The van der Waals surface area contributed by atoms with Gasteiger partial charge in [-0.25, -0.2) is 8.42 Å². The lowest BCUT2D eigenvalue weighted by atomic mass is 10.2. The molecule has 0 spiro atoms. The molecule has 0 saturated carbocycles. The van der Waals surface area contributed by atoms with Crippen molar-refractivity contribution in [1.82, 2.24) is 4.90 Å². The summed E-state index contributed by atoms with van der Waals surface area (Å²) in [5.41, 5.74) is 0.466. The summed E-state index contributed by atoms with van der Waals surface area (Å²) in [5, 5.41) is 8.74. The zero-order valence-electron chi connectivity index (χ0n) is 14.8. The van der Waals surface area contributed by atoms with E-state index in [1.54, 1.807) is 57.0 Å². The van der Waals surface area contributed by atoms with Crippen LogP contribution in [0, 0.1) is 0 Å². The van der Waals surface area contributed by atoms with Crippen molar-refractivity contribution < 1.29 is 27.9 Å². The fourth-order valence-corrected chi connectivity index (χ4v) is 2.66. The first kappa shape index (κ1) is 20.9. The summed E-state index contributed by atoms with van der Waals surface area (Å²) in [6, 6.07) is 6.52. The Morgan fingerprint density at radius 1 is 1.12 bits per heavy atom. The van der Waals surface area contributed by atoms with Gasteiger partial charge in [0.1, 0.15) is 12.1 Å². The molecule has 1 aromatic rings. The van der Waals surface area contributed by atoms with Crippen molar-refractivity contribution in [2.24, 2.45) is 0 Å². The van der Waals surface area contributed by atoms with Crippen LogP contribution >= 0.6 is 0 Å². The van der Waals surface area contributed by atoms with Crippen molar-refractivity contribution in [3.05, 3.63) is 29.8 Å². The third kappa shape index (κ3) is 7.99. The van der Waals surface area contributed by atoms with Gasteiger partial charge in [-0.2, -0.15) is 0 Å². The molecule has 140 valence electrons. The second kappa shape index (κ2) is 8.82. The second-order valence-electron chi connectivity index (χ2n) is 6.61. The van der Waals surface area contributed by atoms with Crippen LogP contribution in [-0.2, 0) is 31.8 Å². The molecule has 1 rings (SSSR count). The highest BCUT2D eigenvalue weighted by molar-refractivity contribution is 7.74. The molecule has 0 aliphatic carbocycles. The van der Waals surface area contributed by atoms with E-state index in [1.165, 1.54) is 0 Å². The molecule has 8 nitrogen and oxygen atoms in total. The van der Waals surface area contributed by atoms with Crippen LogP contribution in [0.5, 0.6) is 0 Å². The van der Waals surface area contributed by atoms with Crippen LogP contribution in [0.1, 0.15) is 26.3 Å². The maximum absolute atomic E-state index is 11.9. The van der Waals surface area contributed by atoms with E-state index in [4.69, 9.17) is 9.84 Å². The van der Waals surface area contributed by atoms with Gasteiger partial charge in [0.2, 0.25) is 10.9 Å². The van der Waals surface area contributed by atoms with Crippen LogP contribution in [0.15, 0.2) is 24.3 Å². The number of rotatable bonds is 8. The summed E-state index contributed by atoms with van der Waals surface area (Å²) in [4.78, 5) is 24.1. The Bertz CT molecular complexity index is 671. The van der Waals surface area contributed by atoms with Gasteiger partial charge < -0.3 is 9.84 Å². The lowest BCUT2D eigenvalue weighted by Crippen LogP contribution is -2.34. The van der Waals surface area contributed by atoms with E-state index < -0.39 is 35.0 Å². The standard InChI is InChI=1S/C16H24N2O6S/c1-16(2,3)24-15(21)11-18(25(22)23)13-7-5-12(6-8-13)9-17(4)10-14(19)20/h5-8,25H,9-11H2,1-4H3,(H,19,20). The van der Waals surface area contributed by atoms with Crippen LogP contribution in [0.2, 0.25) is 0 Å². The van der Waals surface area contributed by atoms with Gasteiger partial charge in [-0.1, -0.05) is 12.1 Å². The second-order valence-corrected chi connectivity index (χ2v) is 7.57. The summed E-state index contributed by atoms with van der Waals surface area (Å²) in [5.74, 6) is -1.57. The highest BCUT2D eigenvalue weighted by atomic mass is 32.2. The van der Waals surface area contributed by atoms with Crippen molar-refractivity contribution in [2.75, 3.05) is 24.4 Å². The number of carbonyl (C=O) groups is 2. The Labute approximate surface area is 149 Å². The number of likely N-dealkylation sites (N-methyl/N-ethyl adjacent to an activating group) is 1. The van der Waals surface area contributed by atoms with E-state index in [2.05, 4.69) is 0 Å². The number of hydrogen-bond acceptors (Lipinski definition) is 6. The predicted octanol–water partition coefficient (Wildman–Crippen LogP) is 0.877. The fourth-order valence-electron chi connectivity index (χ4n) is 2.11. The van der Waals surface area contributed by atoms with E-state index in [0.29, 0.717) is 12.2 Å². The number of carboxylic acids is 1. The quantitative estimate of drug-likeness (QED) is 0.515. The van der Waals surface area contributed by atoms with Crippen LogP contribution in [0.4, 0.5) is 5.69 Å². The van der Waals surface area contributed by atoms with Crippen LogP contribution in [-0.4, -0.2) is 56.1 Å². The number of benzene rings is 1. The zero-order chi connectivity index (χ0) is 19.2. The average molecular weight is 372 g/mol. The zero-order valence-corrected chi connectivity index (χ0v) is 15.7. The molecule has 0 fully saturated rings. The van der Waals surface area contributed by atoms with Crippen LogP contribution < -0.4 is 4.31 Å². The number of carboxylic acid groups (broad SMARTS) is 1. The lowest BCUT2D eigenvalue weighted by molar-refractivity contribution is -0.152. The van der Waals surface area contributed by atoms with Crippen molar-refractivity contribution >= 4 is 28.5 Å². The first-order valence-electron chi connectivity index (χ1n) is 7.61. The Morgan fingerprint density at radius 2 is 1.68 bits per heavy atom. The lowest BCUT2D eigenvalue weighted by Gasteiger charge is -2.23. The molecule has 9 heteroatoms. The van der Waals surface area contributed by atoms with Crippen LogP contribution in [0.3, 0.4) is 0 Å². The van der Waals surface area contributed by atoms with Crippen molar-refractivity contribution in [2.45, 2.75) is 32.9 Å². The highest BCUT2D eigenvalue weighted by Crippen LogP contribution is 2.17. The summed E-state index contributed by atoms with van der Waals surface area (Å²) >= 11 is 0. The Balaban J connectivity index is 2.81. The number of anilines is 1. The molecule has 0 amide bonds. The van der Waals surface area contributed by atoms with Crippen molar-refractivity contribution in [3.8, 4) is 0 Å². The maximum Gasteiger partial charge on any atom is 0.327 e. The molecule has 0 unspecified atom stereocenters. The minimum absolute atomic E-state index is 0.0983. The van der Waals surface area contributed by atoms with Gasteiger partial charge in [0.05, 0.1) is 12.2 Å². The van der Waals surface area contributed by atoms with E-state index in [1.807, 2.05) is 0 Å². The molecule has 0 aliphatic rings. The average Bonchev–Trinajstić information content (AvgIpc) is 2.42. The molecular formula is C16H24N2O6S. The Hall–Kier alpha value is -2.13. The molecule has 0 atom stereocenters. The predicted molar refractivity (Wildman–Crippen MR) is 93.9 cm³/mol. The molecule has 1 aromatic carbocycles. The minimum Gasteiger partial charge on any atom is -0.480 e. The Morgan fingerprint density at radius 3 is 2.12 bits per heavy atom. The van der Waals surface area contributed by atoms with Gasteiger partial charge in [-0.15, -0.1) is 0 Å². The van der Waals surface area contributed by atoms with Gasteiger partial charge in [-0.05, 0) is 45.5 Å². The number of thiol groups is 1. The third-order valence-corrected chi connectivity index (χ3v) is 3.75. The van der Waals surface area contributed by atoms with Gasteiger partial charge in [0.15, 0.2) is 0 Å². The SMILES string of the molecule is CN(CC(=O)O)Cc1ccc(N(CC(=O)OC(C)(C)C)[SH](=O)=O)cc1. The normalized spacial score (nSPS) is 11.6. The highest BCUT2D eigenvalue weighted by Gasteiger charge is 2.20. The van der Waals surface area contributed by atoms with E-state index in [-0.39, 0.29) is 6.54 Å². The number of hydrogen-bond donors (Lipinski definition) is 2. The number of nitrogens with zero attached hydrogens (tertiary/aromatic N) is 2. The molecule has 0 aliphatic heterocycles. The number of aliphatic carboxylic acids is 1. The minimum atomic E-state index is -3.01. The van der Waals surface area contributed by atoms with E-state index in [9.17, 15) is 18.0 Å². The summed E-state index contributed by atoms with van der Waals surface area (Å²) in [6.45, 7) is 5.01. The Kier molecular flexibility index (Phi) is 7.38. The number of ether oxygens (including phenoxy) is 1. The summed E-state index contributed by atoms with van der Waals surface area (Å²) < 4.78 is 29.0. The smallest absolute Gasteiger partial charge is 0.327 e. The number of esters is 1. The third-order valence-electron chi connectivity index (χ3n) is 2.99. The van der Waals surface area contributed by atoms with Crippen LogP contribution in [0.25, 0.3) is 0 Å². The molecule has 25 heavy (non-hydrogen) atoms. The molecule has 1 N–H and O–H groups in total.